The summed E-state index contributed by atoms with van der Waals surface area (Å²) in [5.74, 6) is 0.222. The zero-order chi connectivity index (χ0) is 19.7. The van der Waals surface area contributed by atoms with Gasteiger partial charge in [-0.2, -0.15) is 12.6 Å². The van der Waals surface area contributed by atoms with Crippen molar-refractivity contribution in [3.8, 4) is 0 Å². The van der Waals surface area contributed by atoms with E-state index in [1.807, 2.05) is 0 Å². The number of amides is 2. The molecular formula is C18H23N3O5S. The number of nitro benzene ring substituents is 1. The highest BCUT2D eigenvalue weighted by Crippen LogP contribution is 2.47. The lowest BCUT2D eigenvalue weighted by atomic mass is 10.1. The highest BCUT2D eigenvalue weighted by Gasteiger charge is 2.53. The van der Waals surface area contributed by atoms with Crippen molar-refractivity contribution in [2.24, 2.45) is 11.8 Å². The van der Waals surface area contributed by atoms with Gasteiger partial charge < -0.3 is 14.5 Å². The van der Waals surface area contributed by atoms with Gasteiger partial charge in [-0.05, 0) is 36.5 Å². The quantitative estimate of drug-likeness (QED) is 0.471. The molecule has 9 heteroatoms. The molecule has 3 rings (SSSR count). The summed E-state index contributed by atoms with van der Waals surface area (Å²) in [6, 6.07) is 5.87. The van der Waals surface area contributed by atoms with E-state index in [0.29, 0.717) is 12.1 Å². The minimum atomic E-state index is -0.474. The Hall–Kier alpha value is -2.29. The maximum Gasteiger partial charge on any atom is 0.410 e. The van der Waals surface area contributed by atoms with Gasteiger partial charge in [0.1, 0.15) is 6.61 Å². The number of benzene rings is 1. The standard InChI is InChI=1S/C18H23N3O5S/c1-19(2)17(22)15-8-14(15)16-7-13(27)9-20(16)18(23)26-10-11-3-5-12(6-4-11)21(24)25/h3-6,13-16,27H,7-10H2,1-2H3/t13-,14+,15+,16-/m0/s1. The van der Waals surface area contributed by atoms with Gasteiger partial charge in [0, 0.05) is 50.0 Å². The van der Waals surface area contributed by atoms with Crippen molar-refractivity contribution in [1.29, 1.82) is 0 Å². The van der Waals surface area contributed by atoms with Crippen LogP contribution in [0.25, 0.3) is 0 Å². The second-order valence-corrected chi connectivity index (χ2v) is 8.06. The second kappa shape index (κ2) is 7.75. The van der Waals surface area contributed by atoms with Crippen LogP contribution in [-0.4, -0.2) is 58.7 Å². The highest BCUT2D eigenvalue weighted by atomic mass is 32.1. The maximum absolute atomic E-state index is 12.6. The molecule has 1 aliphatic heterocycles. The van der Waals surface area contributed by atoms with Crippen LogP contribution >= 0.6 is 12.6 Å². The molecule has 2 amide bonds. The van der Waals surface area contributed by atoms with Crippen molar-refractivity contribution in [3.63, 3.8) is 0 Å². The van der Waals surface area contributed by atoms with Crippen molar-refractivity contribution >= 4 is 30.3 Å². The summed E-state index contributed by atoms with van der Waals surface area (Å²) in [4.78, 5) is 38.2. The number of non-ortho nitro benzene ring substituents is 1. The van der Waals surface area contributed by atoms with Gasteiger partial charge in [0.25, 0.3) is 5.69 Å². The third-order valence-electron chi connectivity index (χ3n) is 5.16. The SMILES string of the molecule is CN(C)C(=O)[C@@H]1C[C@H]1[C@@H]1C[C@H](S)CN1C(=O)OCc1ccc([N+](=O)[O-])cc1. The number of ether oxygens (including phenoxy) is 1. The molecule has 0 unspecified atom stereocenters. The van der Waals surface area contributed by atoms with Crippen LogP contribution in [0.5, 0.6) is 0 Å². The van der Waals surface area contributed by atoms with Crippen molar-refractivity contribution in [2.45, 2.75) is 30.7 Å². The van der Waals surface area contributed by atoms with Gasteiger partial charge in [0.15, 0.2) is 0 Å². The topological polar surface area (TPSA) is 93.0 Å². The average molecular weight is 393 g/mol. The lowest BCUT2D eigenvalue weighted by Gasteiger charge is -2.24. The first-order chi connectivity index (χ1) is 12.8. The molecule has 8 nitrogen and oxygen atoms in total. The second-order valence-electron chi connectivity index (χ2n) is 7.33. The summed E-state index contributed by atoms with van der Waals surface area (Å²) in [6.07, 6.45) is 1.10. The van der Waals surface area contributed by atoms with E-state index in [0.717, 1.165) is 12.8 Å². The molecule has 0 N–H and O–H groups in total. The summed E-state index contributed by atoms with van der Waals surface area (Å²) in [5, 5.41) is 10.8. The van der Waals surface area contributed by atoms with E-state index in [-0.39, 0.29) is 41.3 Å². The zero-order valence-electron chi connectivity index (χ0n) is 15.3. The molecule has 0 radical (unpaired) electrons. The van der Waals surface area contributed by atoms with Crippen molar-refractivity contribution in [1.82, 2.24) is 9.80 Å². The molecule has 1 heterocycles. The lowest BCUT2D eigenvalue weighted by Crippen LogP contribution is -2.38. The average Bonchev–Trinajstić information content (AvgIpc) is 3.33. The molecule has 1 aliphatic carbocycles. The fraction of sp³-hybridized carbons (Fsp3) is 0.556. The predicted octanol–water partition coefficient (Wildman–Crippen LogP) is 2.33. The van der Waals surface area contributed by atoms with Gasteiger partial charge in [-0.15, -0.1) is 0 Å². The summed E-state index contributed by atoms with van der Waals surface area (Å²) in [6.45, 7) is 0.536. The fourth-order valence-corrected chi connectivity index (χ4v) is 4.05. The third-order valence-corrected chi connectivity index (χ3v) is 5.53. The van der Waals surface area contributed by atoms with Crippen LogP contribution in [0.15, 0.2) is 24.3 Å². The van der Waals surface area contributed by atoms with Crippen LogP contribution in [-0.2, 0) is 16.1 Å². The van der Waals surface area contributed by atoms with Gasteiger partial charge in [-0.25, -0.2) is 4.79 Å². The van der Waals surface area contributed by atoms with E-state index < -0.39 is 11.0 Å². The van der Waals surface area contributed by atoms with Gasteiger partial charge in [0.05, 0.1) is 4.92 Å². The lowest BCUT2D eigenvalue weighted by molar-refractivity contribution is -0.384. The van der Waals surface area contributed by atoms with Crippen molar-refractivity contribution in [2.75, 3.05) is 20.6 Å². The third kappa shape index (κ3) is 4.35. The van der Waals surface area contributed by atoms with E-state index in [2.05, 4.69) is 12.6 Å². The first kappa shape index (κ1) is 19.5. The van der Waals surface area contributed by atoms with Crippen LogP contribution in [0, 0.1) is 22.0 Å². The molecule has 0 bridgehead atoms. The van der Waals surface area contributed by atoms with E-state index >= 15 is 0 Å². The van der Waals surface area contributed by atoms with Gasteiger partial charge in [-0.3, -0.25) is 14.9 Å². The molecule has 27 heavy (non-hydrogen) atoms. The highest BCUT2D eigenvalue weighted by molar-refractivity contribution is 7.81. The van der Waals surface area contributed by atoms with Crippen LogP contribution in [0.2, 0.25) is 0 Å². The molecule has 0 spiro atoms. The summed E-state index contributed by atoms with van der Waals surface area (Å²) in [7, 11) is 3.48. The summed E-state index contributed by atoms with van der Waals surface area (Å²) in [5.41, 5.74) is 0.673. The number of nitrogens with zero attached hydrogens (tertiary/aromatic N) is 3. The molecule has 0 aromatic heterocycles. The Kier molecular flexibility index (Phi) is 5.59. The number of hydrogen-bond acceptors (Lipinski definition) is 6. The first-order valence-electron chi connectivity index (χ1n) is 8.84. The molecule has 2 fully saturated rings. The molecule has 1 saturated heterocycles. The zero-order valence-corrected chi connectivity index (χ0v) is 16.2. The van der Waals surface area contributed by atoms with Gasteiger partial charge in [0.2, 0.25) is 5.91 Å². The predicted molar refractivity (Wildman–Crippen MR) is 101 cm³/mol. The number of carbonyl (C=O) groups excluding carboxylic acids is 2. The Labute approximate surface area is 163 Å². The molecule has 146 valence electrons. The minimum absolute atomic E-state index is 0.00654. The van der Waals surface area contributed by atoms with Gasteiger partial charge >= 0.3 is 6.09 Å². The largest absolute Gasteiger partial charge is 0.445 e. The maximum atomic E-state index is 12.6. The van der Waals surface area contributed by atoms with Gasteiger partial charge in [-0.1, -0.05) is 0 Å². The van der Waals surface area contributed by atoms with E-state index in [1.165, 1.54) is 12.1 Å². The Morgan fingerprint density at radius 3 is 2.56 bits per heavy atom. The number of likely N-dealkylation sites (tertiary alicyclic amines) is 1. The van der Waals surface area contributed by atoms with Crippen LogP contribution < -0.4 is 0 Å². The molecule has 1 saturated carbocycles. The number of hydrogen-bond donors (Lipinski definition) is 1. The first-order valence-corrected chi connectivity index (χ1v) is 9.35. The van der Waals surface area contributed by atoms with Crippen molar-refractivity contribution in [3.05, 3.63) is 39.9 Å². The Bertz CT molecular complexity index is 739. The van der Waals surface area contributed by atoms with Crippen LogP contribution in [0.4, 0.5) is 10.5 Å². The number of rotatable bonds is 5. The van der Waals surface area contributed by atoms with E-state index in [1.54, 1.807) is 36.0 Å². The Morgan fingerprint density at radius 2 is 1.96 bits per heavy atom. The molecule has 4 atom stereocenters. The van der Waals surface area contributed by atoms with Crippen molar-refractivity contribution < 1.29 is 19.2 Å². The van der Waals surface area contributed by atoms with E-state index in [4.69, 9.17) is 4.74 Å². The van der Waals surface area contributed by atoms with E-state index in [9.17, 15) is 19.7 Å². The molecule has 1 aromatic carbocycles. The summed E-state index contributed by atoms with van der Waals surface area (Å²) < 4.78 is 5.40. The number of carbonyl (C=O) groups is 2. The van der Waals surface area contributed by atoms with Crippen LogP contribution in [0.1, 0.15) is 18.4 Å². The Morgan fingerprint density at radius 1 is 1.30 bits per heavy atom. The molecule has 2 aliphatic rings. The normalized spacial score (nSPS) is 26.6. The van der Waals surface area contributed by atoms with Crippen LogP contribution in [0.3, 0.4) is 0 Å². The smallest absolute Gasteiger partial charge is 0.410 e. The minimum Gasteiger partial charge on any atom is -0.445 e. The molecule has 1 aromatic rings. The monoisotopic (exact) mass is 393 g/mol. The number of nitro groups is 1. The Balaban J connectivity index is 1.58. The molecular weight excluding hydrogens is 370 g/mol. The fourth-order valence-electron chi connectivity index (χ4n) is 3.66. The summed E-state index contributed by atoms with van der Waals surface area (Å²) >= 11 is 4.51. The number of thiol groups is 1.